The van der Waals surface area contributed by atoms with E-state index in [0.717, 1.165) is 21.0 Å². The fourth-order valence-corrected chi connectivity index (χ4v) is 5.53. The molecule has 1 unspecified atom stereocenters. The maximum Gasteiger partial charge on any atom is 0.335 e. The maximum atomic E-state index is 13.8. The van der Waals surface area contributed by atoms with Crippen LogP contribution in [0.1, 0.15) is 11.9 Å². The molecule has 1 saturated heterocycles. The van der Waals surface area contributed by atoms with E-state index in [0.29, 0.717) is 9.86 Å². The number of hydrogen-bond donors (Lipinski definition) is 4. The van der Waals surface area contributed by atoms with Gasteiger partial charge in [0.15, 0.2) is 12.3 Å². The molecule has 1 aliphatic heterocycles. The van der Waals surface area contributed by atoms with Crippen molar-refractivity contribution < 1.29 is 42.8 Å². The summed E-state index contributed by atoms with van der Waals surface area (Å²) in [6.07, 6.45) is -8.37. The molecule has 0 spiro atoms. The van der Waals surface area contributed by atoms with Gasteiger partial charge in [-0.2, -0.15) is 8.42 Å². The van der Waals surface area contributed by atoms with E-state index >= 15 is 0 Å². The molecule has 4 N–H and O–H groups in total. The molecule has 0 radical (unpaired) electrons. The van der Waals surface area contributed by atoms with Crippen LogP contribution in [0.15, 0.2) is 34.2 Å². The molecular formula is C17H16BrFN4O8S. The number of rotatable bonds is 4. The summed E-state index contributed by atoms with van der Waals surface area (Å²) in [5.41, 5.74) is 0.254. The number of ether oxygens (including phenoxy) is 1. The highest BCUT2D eigenvalue weighted by Crippen LogP contribution is 2.34. The van der Waals surface area contributed by atoms with Crippen molar-refractivity contribution in [2.24, 2.45) is 0 Å². The van der Waals surface area contributed by atoms with Crippen LogP contribution < -0.4 is 0 Å². The smallest absolute Gasteiger partial charge is 0.335 e. The molecule has 3 aromatic rings. The fraction of sp³-hybridized carbons (Fsp3) is 0.353. The number of carbonyl (C=O) groups is 1. The lowest BCUT2D eigenvalue weighted by atomic mass is 9.98. The van der Waals surface area contributed by atoms with Crippen molar-refractivity contribution in [3.63, 3.8) is 0 Å². The lowest BCUT2D eigenvalue weighted by molar-refractivity contribution is -0.249. The summed E-state index contributed by atoms with van der Waals surface area (Å²) >= 11 is 3.29. The number of aromatic nitrogens is 4. The number of aliphatic hydroxyl groups is 3. The molecule has 1 aliphatic rings. The van der Waals surface area contributed by atoms with Crippen LogP contribution in [0.4, 0.5) is 4.39 Å². The van der Waals surface area contributed by atoms with E-state index in [-0.39, 0.29) is 11.2 Å². The largest absolute Gasteiger partial charge is 0.479 e. The van der Waals surface area contributed by atoms with Crippen molar-refractivity contribution in [3.05, 3.63) is 40.5 Å². The van der Waals surface area contributed by atoms with Crippen LogP contribution in [-0.2, 0) is 19.6 Å². The van der Waals surface area contributed by atoms with Gasteiger partial charge in [-0.15, -0.1) is 5.10 Å². The minimum atomic E-state index is -4.47. The predicted octanol–water partition coefficient (Wildman–Crippen LogP) is -0.255. The lowest BCUT2D eigenvalue weighted by Crippen LogP contribution is -2.57. The Bertz CT molecular complexity index is 1330. The van der Waals surface area contributed by atoms with Crippen LogP contribution in [-0.4, -0.2) is 78.0 Å². The van der Waals surface area contributed by atoms with E-state index < -0.39 is 57.6 Å². The van der Waals surface area contributed by atoms with Crippen LogP contribution in [0, 0.1) is 12.7 Å². The number of fused-ring (bicyclic) bond motifs is 1. The summed E-state index contributed by atoms with van der Waals surface area (Å²) < 4.78 is 47.4. The number of aliphatic hydroxyl groups excluding tert-OH is 3. The molecule has 3 heterocycles. The van der Waals surface area contributed by atoms with Gasteiger partial charge in [0.05, 0.1) is 5.52 Å². The van der Waals surface area contributed by atoms with Crippen LogP contribution in [0.3, 0.4) is 0 Å². The number of aliphatic carboxylic acids is 1. The molecule has 0 aliphatic carbocycles. The summed E-state index contributed by atoms with van der Waals surface area (Å²) in [6.45, 7) is 1.49. The highest BCUT2D eigenvalue weighted by molar-refractivity contribution is 9.10. The second-order valence-electron chi connectivity index (χ2n) is 7.09. The molecule has 4 rings (SSSR count). The first-order valence-electron chi connectivity index (χ1n) is 9.00. The zero-order valence-electron chi connectivity index (χ0n) is 16.1. The summed E-state index contributed by atoms with van der Waals surface area (Å²) in [4.78, 5) is 15.0. The lowest BCUT2D eigenvalue weighted by Gasteiger charge is -2.38. The molecule has 15 heteroatoms. The van der Waals surface area contributed by atoms with Crippen molar-refractivity contribution in [2.45, 2.75) is 42.7 Å². The first-order chi connectivity index (χ1) is 14.9. The molecule has 2 aromatic heterocycles. The Balaban J connectivity index is 1.77. The first kappa shape index (κ1) is 22.8. The third-order valence-corrected chi connectivity index (χ3v) is 7.69. The molecule has 0 saturated carbocycles. The molecular weight excluding hydrogens is 519 g/mol. The summed E-state index contributed by atoms with van der Waals surface area (Å²) in [7, 11) is -4.47. The fourth-order valence-electron chi connectivity index (χ4n) is 3.50. The Labute approximate surface area is 187 Å². The van der Waals surface area contributed by atoms with Crippen molar-refractivity contribution in [3.8, 4) is 0 Å². The number of carboxylic acid groups (broad SMARTS) is 1. The number of nitrogens with zero attached hydrogens (tertiary/aromatic N) is 4. The summed E-state index contributed by atoms with van der Waals surface area (Å²) in [5, 5.41) is 42.6. The zero-order valence-corrected chi connectivity index (χ0v) is 18.5. The predicted molar refractivity (Wildman–Crippen MR) is 107 cm³/mol. The van der Waals surface area contributed by atoms with Gasteiger partial charge in [0, 0.05) is 15.6 Å². The Morgan fingerprint density at radius 1 is 1.22 bits per heavy atom. The molecule has 172 valence electrons. The van der Waals surface area contributed by atoms with E-state index in [4.69, 9.17) is 9.84 Å². The van der Waals surface area contributed by atoms with Crippen LogP contribution in [0.5, 0.6) is 0 Å². The van der Waals surface area contributed by atoms with Crippen molar-refractivity contribution in [1.82, 2.24) is 18.7 Å². The third-order valence-electron chi connectivity index (χ3n) is 5.09. The molecule has 1 aromatic carbocycles. The SMILES string of the molecule is Cc1c(Br)c2ccc(F)cc2n1S(=O)(=O)c1ncn(C2O[C@H](C(=O)O)[C@@H](O)[C@H](O)[C@H]2O)n1. The van der Waals surface area contributed by atoms with Gasteiger partial charge in [-0.25, -0.2) is 22.8 Å². The van der Waals surface area contributed by atoms with Gasteiger partial charge in [-0.1, -0.05) is 0 Å². The molecule has 5 atom stereocenters. The van der Waals surface area contributed by atoms with Gasteiger partial charge >= 0.3 is 16.0 Å². The van der Waals surface area contributed by atoms with Gasteiger partial charge in [-0.05, 0) is 41.1 Å². The molecule has 0 amide bonds. The van der Waals surface area contributed by atoms with E-state index in [1.165, 1.54) is 19.1 Å². The highest BCUT2D eigenvalue weighted by Gasteiger charge is 2.48. The van der Waals surface area contributed by atoms with Gasteiger partial charge in [0.2, 0.25) is 0 Å². The number of hydrogen-bond acceptors (Lipinski definition) is 9. The quantitative estimate of drug-likeness (QED) is 0.348. The molecule has 32 heavy (non-hydrogen) atoms. The Kier molecular flexibility index (Phi) is 5.59. The second-order valence-corrected chi connectivity index (χ2v) is 9.57. The number of benzene rings is 1. The third kappa shape index (κ3) is 3.41. The second kappa shape index (κ2) is 7.86. The van der Waals surface area contributed by atoms with Crippen molar-refractivity contribution in [2.75, 3.05) is 0 Å². The zero-order chi connectivity index (χ0) is 23.5. The minimum absolute atomic E-state index is 0.0316. The van der Waals surface area contributed by atoms with E-state index in [1.54, 1.807) is 0 Å². The average molecular weight is 535 g/mol. The van der Waals surface area contributed by atoms with Crippen LogP contribution in [0.25, 0.3) is 10.9 Å². The Morgan fingerprint density at radius 3 is 2.56 bits per heavy atom. The Morgan fingerprint density at radius 2 is 1.91 bits per heavy atom. The molecule has 1 fully saturated rings. The number of halogens is 2. The maximum absolute atomic E-state index is 13.8. The standard InChI is InChI=1S/C17H16BrFN4O8S/c1-6-10(18)8-3-2-7(19)4-9(8)23(6)32(29,30)17-20-5-22(21-17)15-13(26)11(24)12(25)14(31-15)16(27)28/h2-5,11-15,24-26H,1H3,(H,27,28)/t11-,12-,13+,14-,15?/m0/s1. The summed E-state index contributed by atoms with van der Waals surface area (Å²) in [5.74, 6) is -2.27. The van der Waals surface area contributed by atoms with E-state index in [9.17, 15) is 32.9 Å². The normalized spacial score (nSPS) is 26.5. The topological polar surface area (TPSA) is 177 Å². The van der Waals surface area contributed by atoms with Gasteiger partial charge in [-0.3, -0.25) is 0 Å². The van der Waals surface area contributed by atoms with Gasteiger partial charge in [0.1, 0.15) is 30.5 Å². The number of carboxylic acids is 1. The van der Waals surface area contributed by atoms with E-state index in [2.05, 4.69) is 26.0 Å². The minimum Gasteiger partial charge on any atom is -0.479 e. The molecule has 12 nitrogen and oxygen atoms in total. The van der Waals surface area contributed by atoms with Crippen LogP contribution in [0.2, 0.25) is 0 Å². The Hall–Kier alpha value is -2.43. The van der Waals surface area contributed by atoms with Crippen molar-refractivity contribution in [1.29, 1.82) is 0 Å². The highest BCUT2D eigenvalue weighted by atomic mass is 79.9. The molecule has 0 bridgehead atoms. The first-order valence-corrected chi connectivity index (χ1v) is 11.2. The van der Waals surface area contributed by atoms with Crippen molar-refractivity contribution >= 4 is 42.8 Å². The average Bonchev–Trinajstić information content (AvgIpc) is 3.30. The van der Waals surface area contributed by atoms with Gasteiger partial charge in [0.25, 0.3) is 5.16 Å². The van der Waals surface area contributed by atoms with Gasteiger partial charge < -0.3 is 25.2 Å². The van der Waals surface area contributed by atoms with E-state index in [1.807, 2.05) is 0 Å². The monoisotopic (exact) mass is 534 g/mol. The summed E-state index contributed by atoms with van der Waals surface area (Å²) in [6, 6.07) is 3.62. The van der Waals surface area contributed by atoms with Crippen LogP contribution >= 0.6 is 15.9 Å².